The van der Waals surface area contributed by atoms with Gasteiger partial charge in [0.15, 0.2) is 11.5 Å². The minimum atomic E-state index is -1.00. The van der Waals surface area contributed by atoms with Crippen LogP contribution < -0.4 is 14.4 Å². The molecule has 1 fully saturated rings. The average molecular weight is 441 g/mol. The van der Waals surface area contributed by atoms with Crippen molar-refractivity contribution in [3.63, 3.8) is 0 Å². The molecule has 1 saturated heterocycles. The highest BCUT2D eigenvalue weighted by molar-refractivity contribution is 7.13. The highest BCUT2D eigenvalue weighted by Crippen LogP contribution is 2.44. The first-order valence-corrected chi connectivity index (χ1v) is 9.89. The minimum absolute atomic E-state index is 0.154. The van der Waals surface area contributed by atoms with Crippen LogP contribution in [-0.4, -0.2) is 41.2 Å². The molecule has 0 radical (unpaired) electrons. The lowest BCUT2D eigenvalue weighted by atomic mass is 9.95. The Labute approximate surface area is 180 Å². The number of amides is 1. The quantitative estimate of drug-likeness (QED) is 0.368. The Bertz CT molecular complexity index is 1180. The van der Waals surface area contributed by atoms with Gasteiger partial charge in [-0.1, -0.05) is 17.4 Å². The molecule has 3 aromatic rings. The smallest absolute Gasteiger partial charge is 0.301 e. The zero-order chi connectivity index (χ0) is 22.1. The monoisotopic (exact) mass is 441 g/mol. The first kappa shape index (κ1) is 20.5. The number of Topliss-reactive ketones (excluding diaryl/α,β-unsaturated/α-hetero) is 1. The van der Waals surface area contributed by atoms with Crippen LogP contribution in [0.4, 0.5) is 9.52 Å². The standard InChI is InChI=1S/C21H16FN3O5S/c1-29-14-8-5-12(9-15(14)30-2)17-16(18(26)11-3-6-13(22)7-4-11)19(27)20(28)25(17)21-24-23-10-31-21/h3-10,17,26H,1-2H3/t17-/m0/s1. The summed E-state index contributed by atoms with van der Waals surface area (Å²) in [4.78, 5) is 27.1. The second-order valence-corrected chi connectivity index (χ2v) is 7.32. The van der Waals surface area contributed by atoms with E-state index in [-0.39, 0.29) is 16.3 Å². The SMILES string of the molecule is COc1ccc([C@H]2C(=C(O)c3ccc(F)cc3)C(=O)C(=O)N2c2nncs2)cc1OC. The number of rotatable bonds is 5. The van der Waals surface area contributed by atoms with Crippen molar-refractivity contribution < 1.29 is 28.6 Å². The summed E-state index contributed by atoms with van der Waals surface area (Å²) in [5, 5.41) is 18.8. The van der Waals surface area contributed by atoms with E-state index < -0.39 is 29.3 Å². The van der Waals surface area contributed by atoms with Gasteiger partial charge in [0.05, 0.1) is 25.8 Å². The maximum Gasteiger partial charge on any atom is 0.301 e. The molecular weight excluding hydrogens is 425 g/mol. The number of aliphatic hydroxyl groups excluding tert-OH is 1. The second kappa shape index (κ2) is 8.15. The van der Waals surface area contributed by atoms with E-state index in [1.807, 2.05) is 0 Å². The van der Waals surface area contributed by atoms with E-state index in [1.165, 1.54) is 36.8 Å². The van der Waals surface area contributed by atoms with E-state index in [1.54, 1.807) is 18.2 Å². The molecule has 1 atom stereocenters. The van der Waals surface area contributed by atoms with Gasteiger partial charge in [0, 0.05) is 5.56 Å². The van der Waals surface area contributed by atoms with Gasteiger partial charge in [-0.15, -0.1) is 10.2 Å². The summed E-state index contributed by atoms with van der Waals surface area (Å²) < 4.78 is 24.0. The molecule has 1 N–H and O–H groups in total. The highest BCUT2D eigenvalue weighted by atomic mass is 32.1. The van der Waals surface area contributed by atoms with E-state index in [0.29, 0.717) is 17.1 Å². The molecule has 0 bridgehead atoms. The fourth-order valence-electron chi connectivity index (χ4n) is 3.40. The van der Waals surface area contributed by atoms with Crippen molar-refractivity contribution in [2.24, 2.45) is 0 Å². The molecule has 1 aliphatic heterocycles. The fraction of sp³-hybridized carbons (Fsp3) is 0.143. The van der Waals surface area contributed by atoms with E-state index in [0.717, 1.165) is 23.5 Å². The second-order valence-electron chi connectivity index (χ2n) is 6.51. The number of carbonyl (C=O) groups excluding carboxylic acids is 2. The zero-order valence-electron chi connectivity index (χ0n) is 16.4. The Morgan fingerprint density at radius 1 is 1.10 bits per heavy atom. The van der Waals surface area contributed by atoms with Crippen LogP contribution >= 0.6 is 11.3 Å². The normalized spacial score (nSPS) is 17.8. The summed E-state index contributed by atoms with van der Waals surface area (Å²) in [6, 6.07) is 8.86. The third-order valence-electron chi connectivity index (χ3n) is 4.84. The van der Waals surface area contributed by atoms with Gasteiger partial charge in [-0.05, 0) is 42.0 Å². The van der Waals surface area contributed by atoms with Crippen molar-refractivity contribution in [1.82, 2.24) is 10.2 Å². The molecule has 158 valence electrons. The third kappa shape index (κ3) is 3.50. The van der Waals surface area contributed by atoms with Gasteiger partial charge in [0.25, 0.3) is 5.78 Å². The molecule has 1 aliphatic rings. The molecule has 10 heteroatoms. The number of hydrogen-bond donors (Lipinski definition) is 1. The van der Waals surface area contributed by atoms with Crippen molar-refractivity contribution in [3.05, 3.63) is 70.5 Å². The summed E-state index contributed by atoms with van der Waals surface area (Å²) in [7, 11) is 2.95. The van der Waals surface area contributed by atoms with E-state index >= 15 is 0 Å². The largest absolute Gasteiger partial charge is 0.507 e. The maximum absolute atomic E-state index is 13.3. The molecule has 31 heavy (non-hydrogen) atoms. The van der Waals surface area contributed by atoms with Crippen LogP contribution in [0.25, 0.3) is 5.76 Å². The molecule has 0 saturated carbocycles. The van der Waals surface area contributed by atoms with Gasteiger partial charge in [0.1, 0.15) is 17.1 Å². The lowest BCUT2D eigenvalue weighted by molar-refractivity contribution is -0.132. The molecule has 0 aliphatic carbocycles. The number of aromatic nitrogens is 2. The Balaban J connectivity index is 1.94. The van der Waals surface area contributed by atoms with Crippen LogP contribution in [0.5, 0.6) is 11.5 Å². The van der Waals surface area contributed by atoms with Crippen LogP contribution in [0, 0.1) is 5.82 Å². The fourth-order valence-corrected chi connectivity index (χ4v) is 3.99. The predicted molar refractivity (Wildman–Crippen MR) is 111 cm³/mol. The van der Waals surface area contributed by atoms with Crippen LogP contribution in [0.3, 0.4) is 0 Å². The number of methoxy groups -OCH3 is 2. The predicted octanol–water partition coefficient (Wildman–Crippen LogP) is 3.32. The van der Waals surface area contributed by atoms with E-state index in [2.05, 4.69) is 10.2 Å². The molecule has 0 spiro atoms. The molecule has 8 nitrogen and oxygen atoms in total. The minimum Gasteiger partial charge on any atom is -0.507 e. The summed E-state index contributed by atoms with van der Waals surface area (Å²) >= 11 is 1.07. The Kier molecular flexibility index (Phi) is 5.38. The number of hydrogen-bond acceptors (Lipinski definition) is 8. The van der Waals surface area contributed by atoms with Gasteiger partial charge >= 0.3 is 5.91 Å². The van der Waals surface area contributed by atoms with Crippen molar-refractivity contribution in [2.75, 3.05) is 19.1 Å². The van der Waals surface area contributed by atoms with E-state index in [4.69, 9.17) is 9.47 Å². The summed E-state index contributed by atoms with van der Waals surface area (Å²) in [6.45, 7) is 0. The summed E-state index contributed by atoms with van der Waals surface area (Å²) in [6.07, 6.45) is 0. The molecule has 2 heterocycles. The number of carbonyl (C=O) groups is 2. The van der Waals surface area contributed by atoms with Crippen molar-refractivity contribution in [3.8, 4) is 11.5 Å². The molecule has 1 amide bonds. The lowest BCUT2D eigenvalue weighted by Crippen LogP contribution is -2.29. The van der Waals surface area contributed by atoms with Gasteiger partial charge < -0.3 is 14.6 Å². The maximum atomic E-state index is 13.3. The number of nitrogens with zero attached hydrogens (tertiary/aromatic N) is 3. The van der Waals surface area contributed by atoms with Gasteiger partial charge in [-0.2, -0.15) is 0 Å². The van der Waals surface area contributed by atoms with Crippen LogP contribution in [-0.2, 0) is 9.59 Å². The third-order valence-corrected chi connectivity index (χ3v) is 5.53. The lowest BCUT2D eigenvalue weighted by Gasteiger charge is -2.23. The Morgan fingerprint density at radius 3 is 2.42 bits per heavy atom. The van der Waals surface area contributed by atoms with Gasteiger partial charge in [0.2, 0.25) is 5.13 Å². The molecule has 1 aromatic heterocycles. The van der Waals surface area contributed by atoms with Crippen LogP contribution in [0.1, 0.15) is 17.2 Å². The number of ether oxygens (including phenoxy) is 2. The van der Waals surface area contributed by atoms with Crippen molar-refractivity contribution in [1.29, 1.82) is 0 Å². The van der Waals surface area contributed by atoms with Gasteiger partial charge in [-0.3, -0.25) is 14.5 Å². The van der Waals surface area contributed by atoms with E-state index in [9.17, 15) is 19.1 Å². The average Bonchev–Trinajstić information content (AvgIpc) is 3.40. The molecule has 2 aromatic carbocycles. The number of benzene rings is 2. The number of anilines is 1. The summed E-state index contributed by atoms with van der Waals surface area (Å²) in [5.74, 6) is -1.84. The van der Waals surface area contributed by atoms with Crippen molar-refractivity contribution in [2.45, 2.75) is 6.04 Å². The van der Waals surface area contributed by atoms with Gasteiger partial charge in [-0.25, -0.2) is 4.39 Å². The first-order chi connectivity index (χ1) is 15.0. The van der Waals surface area contributed by atoms with Crippen molar-refractivity contribution >= 4 is 33.9 Å². The number of halogens is 1. The zero-order valence-corrected chi connectivity index (χ0v) is 17.2. The number of ketones is 1. The Hall–Kier alpha value is -3.79. The molecule has 4 rings (SSSR count). The summed E-state index contributed by atoms with van der Waals surface area (Å²) in [5.41, 5.74) is 1.96. The number of aliphatic hydroxyl groups is 1. The first-order valence-electron chi connectivity index (χ1n) is 9.01. The topological polar surface area (TPSA) is 102 Å². The molecule has 0 unspecified atom stereocenters. The highest BCUT2D eigenvalue weighted by Gasteiger charge is 2.48. The molecular formula is C21H16FN3O5S. The Morgan fingerprint density at radius 2 is 1.81 bits per heavy atom. The van der Waals surface area contributed by atoms with Crippen LogP contribution in [0.2, 0.25) is 0 Å². The van der Waals surface area contributed by atoms with Crippen LogP contribution in [0.15, 0.2) is 53.5 Å².